The van der Waals surface area contributed by atoms with Crippen LogP contribution in [0.1, 0.15) is 6.92 Å². The standard InChI is InChI=1S/C14H17N3O/c1-10(9-15)16-14(18)17-13-8-4-6-11-5-2-3-7-12(11)13/h2-8,10H,9,15H2,1H3,(H2,16,17,18)/t10-/m1/s1. The molecule has 0 heterocycles. The van der Waals surface area contributed by atoms with E-state index in [1.807, 2.05) is 49.4 Å². The van der Waals surface area contributed by atoms with Gasteiger partial charge in [-0.05, 0) is 18.4 Å². The second-order valence-corrected chi connectivity index (χ2v) is 4.26. The highest BCUT2D eigenvalue weighted by Gasteiger charge is 2.07. The van der Waals surface area contributed by atoms with Gasteiger partial charge in [0.25, 0.3) is 0 Å². The first kappa shape index (κ1) is 12.4. The number of hydrogen-bond donors (Lipinski definition) is 3. The summed E-state index contributed by atoms with van der Waals surface area (Å²) in [5, 5.41) is 7.74. The largest absolute Gasteiger partial charge is 0.334 e. The van der Waals surface area contributed by atoms with Gasteiger partial charge < -0.3 is 16.4 Å². The van der Waals surface area contributed by atoms with Crippen molar-refractivity contribution < 1.29 is 4.79 Å². The van der Waals surface area contributed by atoms with Crippen LogP contribution >= 0.6 is 0 Å². The number of amides is 2. The fourth-order valence-corrected chi connectivity index (χ4v) is 1.78. The number of carbonyl (C=O) groups is 1. The summed E-state index contributed by atoms with van der Waals surface area (Å²) in [4.78, 5) is 11.7. The normalized spacial score (nSPS) is 12.1. The Morgan fingerprint density at radius 3 is 2.72 bits per heavy atom. The van der Waals surface area contributed by atoms with Crippen LogP contribution in [0.2, 0.25) is 0 Å². The molecule has 4 nitrogen and oxygen atoms in total. The van der Waals surface area contributed by atoms with Gasteiger partial charge in [0.1, 0.15) is 0 Å². The van der Waals surface area contributed by atoms with Gasteiger partial charge in [0, 0.05) is 18.0 Å². The summed E-state index contributed by atoms with van der Waals surface area (Å²) in [6.07, 6.45) is 0. The maximum absolute atomic E-state index is 11.7. The maximum Gasteiger partial charge on any atom is 0.319 e. The highest BCUT2D eigenvalue weighted by Crippen LogP contribution is 2.22. The second kappa shape index (κ2) is 5.51. The monoisotopic (exact) mass is 243 g/mol. The minimum Gasteiger partial charge on any atom is -0.334 e. The second-order valence-electron chi connectivity index (χ2n) is 4.26. The Bertz CT molecular complexity index is 548. The van der Waals surface area contributed by atoms with Crippen molar-refractivity contribution in [2.24, 2.45) is 5.73 Å². The van der Waals surface area contributed by atoms with E-state index < -0.39 is 0 Å². The molecule has 0 saturated carbocycles. The van der Waals surface area contributed by atoms with Crippen LogP contribution in [0.15, 0.2) is 42.5 Å². The molecule has 2 rings (SSSR count). The molecule has 1 atom stereocenters. The van der Waals surface area contributed by atoms with Gasteiger partial charge in [0.15, 0.2) is 0 Å². The van der Waals surface area contributed by atoms with Crippen molar-refractivity contribution in [2.45, 2.75) is 13.0 Å². The predicted molar refractivity (Wildman–Crippen MR) is 74.6 cm³/mol. The van der Waals surface area contributed by atoms with E-state index in [2.05, 4.69) is 10.6 Å². The molecule has 0 bridgehead atoms. The molecule has 2 aromatic carbocycles. The first-order valence-electron chi connectivity index (χ1n) is 5.96. The highest BCUT2D eigenvalue weighted by atomic mass is 16.2. The van der Waals surface area contributed by atoms with Gasteiger partial charge >= 0.3 is 6.03 Å². The third-order valence-corrected chi connectivity index (χ3v) is 2.77. The molecule has 0 spiro atoms. The van der Waals surface area contributed by atoms with Crippen LogP contribution in [-0.2, 0) is 0 Å². The summed E-state index contributed by atoms with van der Waals surface area (Å²) in [5.41, 5.74) is 6.26. The lowest BCUT2D eigenvalue weighted by Gasteiger charge is -2.13. The van der Waals surface area contributed by atoms with Crippen molar-refractivity contribution in [2.75, 3.05) is 11.9 Å². The van der Waals surface area contributed by atoms with Gasteiger partial charge in [-0.2, -0.15) is 0 Å². The predicted octanol–water partition coefficient (Wildman–Crippen LogP) is 2.31. The molecule has 94 valence electrons. The average molecular weight is 243 g/mol. The van der Waals surface area contributed by atoms with E-state index in [4.69, 9.17) is 5.73 Å². The summed E-state index contributed by atoms with van der Waals surface area (Å²) in [6, 6.07) is 13.5. The Morgan fingerprint density at radius 2 is 1.94 bits per heavy atom. The number of hydrogen-bond acceptors (Lipinski definition) is 2. The van der Waals surface area contributed by atoms with Crippen molar-refractivity contribution in [3.05, 3.63) is 42.5 Å². The Labute approximate surface area is 106 Å². The van der Waals surface area contributed by atoms with Crippen LogP contribution in [0.3, 0.4) is 0 Å². The quantitative estimate of drug-likeness (QED) is 0.774. The molecular formula is C14H17N3O. The van der Waals surface area contributed by atoms with Crippen LogP contribution < -0.4 is 16.4 Å². The Morgan fingerprint density at radius 1 is 1.22 bits per heavy atom. The molecule has 18 heavy (non-hydrogen) atoms. The van der Waals surface area contributed by atoms with Crippen LogP contribution in [0.5, 0.6) is 0 Å². The smallest absolute Gasteiger partial charge is 0.319 e. The van der Waals surface area contributed by atoms with Crippen LogP contribution in [0, 0.1) is 0 Å². The lowest BCUT2D eigenvalue weighted by atomic mass is 10.1. The van der Waals surface area contributed by atoms with Crippen LogP contribution in [0.4, 0.5) is 10.5 Å². The van der Waals surface area contributed by atoms with E-state index in [1.165, 1.54) is 0 Å². The van der Waals surface area contributed by atoms with Gasteiger partial charge in [0.2, 0.25) is 0 Å². The first-order valence-corrected chi connectivity index (χ1v) is 5.96. The molecule has 0 unspecified atom stereocenters. The fraction of sp³-hybridized carbons (Fsp3) is 0.214. The SMILES string of the molecule is C[C@H](CN)NC(=O)Nc1cccc2ccccc12. The lowest BCUT2D eigenvalue weighted by Crippen LogP contribution is -2.40. The molecule has 0 radical (unpaired) electrons. The third kappa shape index (κ3) is 2.78. The van der Waals surface area contributed by atoms with E-state index in [-0.39, 0.29) is 12.1 Å². The van der Waals surface area contributed by atoms with Gasteiger partial charge in [-0.15, -0.1) is 0 Å². The van der Waals surface area contributed by atoms with E-state index in [0.717, 1.165) is 16.5 Å². The number of nitrogens with one attached hydrogen (secondary N) is 2. The Balaban J connectivity index is 2.19. The van der Waals surface area contributed by atoms with Gasteiger partial charge in [-0.3, -0.25) is 0 Å². The number of benzene rings is 2. The lowest BCUT2D eigenvalue weighted by molar-refractivity contribution is 0.249. The van der Waals surface area contributed by atoms with Crippen LogP contribution in [0.25, 0.3) is 10.8 Å². The Hall–Kier alpha value is -2.07. The molecule has 4 N–H and O–H groups in total. The molecule has 2 amide bonds. The molecule has 0 aliphatic rings. The van der Waals surface area contributed by atoms with Crippen molar-refractivity contribution >= 4 is 22.5 Å². The number of anilines is 1. The zero-order valence-electron chi connectivity index (χ0n) is 10.3. The topological polar surface area (TPSA) is 67.1 Å². The van der Waals surface area contributed by atoms with Crippen molar-refractivity contribution in [3.63, 3.8) is 0 Å². The van der Waals surface area contributed by atoms with Crippen LogP contribution in [-0.4, -0.2) is 18.6 Å². The molecule has 0 saturated heterocycles. The highest BCUT2D eigenvalue weighted by molar-refractivity contribution is 6.01. The summed E-state index contributed by atoms with van der Waals surface area (Å²) in [6.45, 7) is 2.28. The van der Waals surface area contributed by atoms with Gasteiger partial charge in [0.05, 0.1) is 5.69 Å². The van der Waals surface area contributed by atoms with E-state index in [9.17, 15) is 4.79 Å². The molecule has 0 aliphatic carbocycles. The molecule has 0 fully saturated rings. The summed E-state index contributed by atoms with van der Waals surface area (Å²) < 4.78 is 0. The molecule has 2 aromatic rings. The first-order chi connectivity index (χ1) is 8.70. The molecule has 4 heteroatoms. The van der Waals surface area contributed by atoms with E-state index >= 15 is 0 Å². The molecular weight excluding hydrogens is 226 g/mol. The van der Waals surface area contributed by atoms with E-state index in [1.54, 1.807) is 0 Å². The minimum atomic E-state index is -0.232. The maximum atomic E-state index is 11.7. The fourth-order valence-electron chi connectivity index (χ4n) is 1.78. The van der Waals surface area contributed by atoms with Gasteiger partial charge in [-0.25, -0.2) is 4.79 Å². The number of urea groups is 1. The zero-order valence-corrected chi connectivity index (χ0v) is 10.3. The zero-order chi connectivity index (χ0) is 13.0. The summed E-state index contributed by atoms with van der Waals surface area (Å²) >= 11 is 0. The summed E-state index contributed by atoms with van der Waals surface area (Å²) in [5.74, 6) is 0. The number of carbonyl (C=O) groups excluding carboxylic acids is 1. The Kier molecular flexibility index (Phi) is 3.79. The number of rotatable bonds is 3. The van der Waals surface area contributed by atoms with Crippen molar-refractivity contribution in [1.29, 1.82) is 0 Å². The number of nitrogens with two attached hydrogens (primary N) is 1. The van der Waals surface area contributed by atoms with Crippen molar-refractivity contribution in [3.8, 4) is 0 Å². The average Bonchev–Trinajstić information content (AvgIpc) is 2.39. The molecule has 0 aromatic heterocycles. The molecule has 0 aliphatic heterocycles. The third-order valence-electron chi connectivity index (χ3n) is 2.77. The van der Waals surface area contributed by atoms with Gasteiger partial charge in [-0.1, -0.05) is 36.4 Å². The van der Waals surface area contributed by atoms with E-state index in [0.29, 0.717) is 6.54 Å². The summed E-state index contributed by atoms with van der Waals surface area (Å²) in [7, 11) is 0. The van der Waals surface area contributed by atoms with Crippen molar-refractivity contribution in [1.82, 2.24) is 5.32 Å². The number of fused-ring (bicyclic) bond motifs is 1. The minimum absolute atomic E-state index is 0.0417.